The Bertz CT molecular complexity index is 994. The zero-order valence-corrected chi connectivity index (χ0v) is 17.7. The van der Waals surface area contributed by atoms with Crippen molar-refractivity contribution in [2.45, 2.75) is 26.0 Å². The number of rotatable bonds is 5. The Morgan fingerprint density at radius 1 is 0.862 bits per heavy atom. The first-order valence-electron chi connectivity index (χ1n) is 9.74. The molecule has 2 nitrogen and oxygen atoms in total. The lowest BCUT2D eigenvalue weighted by Crippen LogP contribution is -2.16. The Balaban J connectivity index is 0.000000169. The van der Waals surface area contributed by atoms with Crippen LogP contribution >= 0.6 is 11.6 Å². The average molecular weight is 400 g/mol. The van der Waals surface area contributed by atoms with Crippen LogP contribution < -0.4 is 5.46 Å². The molecule has 4 rings (SSSR count). The van der Waals surface area contributed by atoms with Crippen molar-refractivity contribution in [3.8, 4) is 5.69 Å². The third-order valence-corrected chi connectivity index (χ3v) is 5.03. The highest BCUT2D eigenvalue weighted by Crippen LogP contribution is 2.17. The molecule has 0 N–H and O–H groups in total. The van der Waals surface area contributed by atoms with Crippen molar-refractivity contribution in [2.75, 3.05) is 0 Å². The van der Waals surface area contributed by atoms with Gasteiger partial charge in [0.1, 0.15) is 0 Å². The van der Waals surface area contributed by atoms with Crippen LogP contribution in [0, 0.1) is 13.8 Å². The molecule has 3 aromatic carbocycles. The summed E-state index contributed by atoms with van der Waals surface area (Å²) < 4.78 is 2.05. The molecule has 0 bridgehead atoms. The Hall–Kier alpha value is -2.78. The number of imidazole rings is 1. The fourth-order valence-corrected chi connectivity index (χ4v) is 3.42. The molecule has 0 fully saturated rings. The smallest absolute Gasteiger partial charge is 0.156 e. The molecule has 0 atom stereocenters. The Morgan fingerprint density at radius 3 is 2.21 bits per heavy atom. The zero-order valence-electron chi connectivity index (χ0n) is 16.9. The molecule has 1 heterocycles. The van der Waals surface area contributed by atoms with E-state index in [1.54, 1.807) is 6.20 Å². The molecule has 4 heteroatoms. The largest absolute Gasteiger partial charge is 0.306 e. The molecule has 0 spiro atoms. The van der Waals surface area contributed by atoms with Crippen LogP contribution in [0.15, 0.2) is 91.5 Å². The van der Waals surface area contributed by atoms with E-state index in [2.05, 4.69) is 86.8 Å². The van der Waals surface area contributed by atoms with E-state index in [1.807, 2.05) is 29.2 Å². The van der Waals surface area contributed by atoms with Crippen LogP contribution in [-0.2, 0) is 12.2 Å². The molecule has 145 valence electrons. The molecule has 0 aliphatic carbocycles. The first kappa shape index (κ1) is 20.9. The van der Waals surface area contributed by atoms with Crippen LogP contribution in [0.5, 0.6) is 0 Å². The van der Waals surface area contributed by atoms with Gasteiger partial charge in [0.05, 0.1) is 12.0 Å². The molecule has 0 aliphatic rings. The fourth-order valence-electron chi connectivity index (χ4n) is 3.26. The van der Waals surface area contributed by atoms with E-state index < -0.39 is 0 Å². The van der Waals surface area contributed by atoms with Crippen LogP contribution in [0.3, 0.4) is 0 Å². The fraction of sp³-hybridized carbons (Fsp3) is 0.160. The molecule has 1 radical (unpaired) electrons. The van der Waals surface area contributed by atoms with Gasteiger partial charge in [0.2, 0.25) is 0 Å². The lowest BCUT2D eigenvalue weighted by atomic mass is 9.65. The topological polar surface area (TPSA) is 17.8 Å². The van der Waals surface area contributed by atoms with Crippen molar-refractivity contribution >= 4 is 24.3 Å². The number of nitrogens with zero attached hydrogens (tertiary/aromatic N) is 2. The Labute approximate surface area is 179 Å². The van der Waals surface area contributed by atoms with E-state index >= 15 is 0 Å². The second-order valence-corrected chi connectivity index (χ2v) is 7.25. The molecule has 0 saturated heterocycles. The second kappa shape index (κ2) is 10.7. The molecular weight excluding hydrogens is 375 g/mol. The third-order valence-electron chi connectivity index (χ3n) is 4.72. The number of hydrogen-bond acceptors (Lipinski definition) is 1. The highest BCUT2D eigenvalue weighted by atomic mass is 35.5. The van der Waals surface area contributed by atoms with E-state index in [1.165, 1.54) is 33.4 Å². The van der Waals surface area contributed by atoms with E-state index in [0.29, 0.717) is 5.88 Å². The quantitative estimate of drug-likeness (QED) is 0.322. The first-order chi connectivity index (χ1) is 14.2. The highest BCUT2D eigenvalue weighted by Gasteiger charge is 2.02. The molecule has 29 heavy (non-hydrogen) atoms. The summed E-state index contributed by atoms with van der Waals surface area (Å²) in [6.45, 7) is 4.23. The van der Waals surface area contributed by atoms with Gasteiger partial charge in [0.15, 0.2) is 7.28 Å². The molecule has 0 aliphatic heterocycles. The standard InChI is InChI=1S/C14H13BCl.C11H12N2/c16-11-13-7-4-8-14(9-13)15-10-12-5-2-1-3-6-12;1-9-4-3-5-10(2)11(9)13-7-6-12-8-13/h1-9H,10-11H2;3-8H,1-2H3. The SMILES string of the molecule is Cc1cccc(C)c1-n1ccnc1.ClCc1cccc([B]Cc2ccccc2)c1. The molecule has 1 aromatic heterocycles. The van der Waals surface area contributed by atoms with Gasteiger partial charge < -0.3 is 4.57 Å². The van der Waals surface area contributed by atoms with Gasteiger partial charge in [-0.05, 0) is 36.9 Å². The maximum Gasteiger partial charge on any atom is 0.156 e. The van der Waals surface area contributed by atoms with Crippen LogP contribution in [-0.4, -0.2) is 16.8 Å². The number of benzene rings is 3. The normalized spacial score (nSPS) is 10.2. The summed E-state index contributed by atoms with van der Waals surface area (Å²) >= 11 is 5.80. The predicted octanol–water partition coefficient (Wildman–Crippen LogP) is 5.44. The zero-order chi connectivity index (χ0) is 20.5. The van der Waals surface area contributed by atoms with Gasteiger partial charge in [-0.3, -0.25) is 0 Å². The maximum atomic E-state index is 5.80. The van der Waals surface area contributed by atoms with E-state index in [-0.39, 0.29) is 0 Å². The van der Waals surface area contributed by atoms with Gasteiger partial charge in [-0.15, -0.1) is 11.6 Å². The van der Waals surface area contributed by atoms with Crippen molar-refractivity contribution in [2.24, 2.45) is 0 Å². The Kier molecular flexibility index (Phi) is 7.72. The van der Waals surface area contributed by atoms with Gasteiger partial charge in [-0.2, -0.15) is 0 Å². The van der Waals surface area contributed by atoms with E-state index in [4.69, 9.17) is 11.6 Å². The molecule has 4 aromatic rings. The lowest BCUT2D eigenvalue weighted by Gasteiger charge is -2.09. The number of halogens is 1. The average Bonchev–Trinajstić information content (AvgIpc) is 3.28. The minimum atomic E-state index is 0.576. The summed E-state index contributed by atoms with van der Waals surface area (Å²) in [5, 5.41) is 0. The highest BCUT2D eigenvalue weighted by molar-refractivity contribution is 6.52. The Morgan fingerprint density at radius 2 is 1.55 bits per heavy atom. The first-order valence-corrected chi connectivity index (χ1v) is 10.3. The van der Waals surface area contributed by atoms with E-state index in [0.717, 1.165) is 6.32 Å². The van der Waals surface area contributed by atoms with Crippen molar-refractivity contribution < 1.29 is 0 Å². The molecule has 0 saturated carbocycles. The predicted molar refractivity (Wildman–Crippen MR) is 125 cm³/mol. The van der Waals surface area contributed by atoms with Crippen molar-refractivity contribution in [1.82, 2.24) is 9.55 Å². The minimum Gasteiger partial charge on any atom is -0.306 e. The number of para-hydroxylation sites is 1. The third kappa shape index (κ3) is 6.10. The number of hydrogen-bond donors (Lipinski definition) is 0. The molecule has 0 unspecified atom stereocenters. The number of alkyl halides is 1. The van der Waals surface area contributed by atoms with Crippen LogP contribution in [0.25, 0.3) is 5.69 Å². The summed E-state index contributed by atoms with van der Waals surface area (Å²) in [7, 11) is 2.23. The van der Waals surface area contributed by atoms with Gasteiger partial charge in [-0.25, -0.2) is 4.98 Å². The van der Waals surface area contributed by atoms with Gasteiger partial charge in [-0.1, -0.05) is 83.8 Å². The summed E-state index contributed by atoms with van der Waals surface area (Å²) in [5.41, 5.74) is 7.53. The summed E-state index contributed by atoms with van der Waals surface area (Å²) in [4.78, 5) is 4.04. The van der Waals surface area contributed by atoms with Crippen LogP contribution in [0.1, 0.15) is 22.3 Å². The van der Waals surface area contributed by atoms with Crippen LogP contribution in [0.2, 0.25) is 0 Å². The van der Waals surface area contributed by atoms with Gasteiger partial charge in [0, 0.05) is 18.3 Å². The van der Waals surface area contributed by atoms with Gasteiger partial charge >= 0.3 is 0 Å². The molecule has 0 amide bonds. The lowest BCUT2D eigenvalue weighted by molar-refractivity contribution is 1.02. The summed E-state index contributed by atoms with van der Waals surface area (Å²) in [6.07, 6.45) is 6.56. The maximum absolute atomic E-state index is 5.80. The van der Waals surface area contributed by atoms with Crippen molar-refractivity contribution in [1.29, 1.82) is 0 Å². The van der Waals surface area contributed by atoms with Crippen LogP contribution in [0.4, 0.5) is 0 Å². The molecular formula is C25H25BClN2. The monoisotopic (exact) mass is 399 g/mol. The van der Waals surface area contributed by atoms with E-state index in [9.17, 15) is 0 Å². The van der Waals surface area contributed by atoms with Crippen molar-refractivity contribution in [3.63, 3.8) is 0 Å². The number of aromatic nitrogens is 2. The summed E-state index contributed by atoms with van der Waals surface area (Å²) in [5.74, 6) is 0.576. The van der Waals surface area contributed by atoms with Crippen molar-refractivity contribution in [3.05, 3.63) is 114 Å². The minimum absolute atomic E-state index is 0.576. The second-order valence-electron chi connectivity index (χ2n) is 6.98. The van der Waals surface area contributed by atoms with Gasteiger partial charge in [0.25, 0.3) is 0 Å². The summed E-state index contributed by atoms with van der Waals surface area (Å²) in [6, 6.07) is 25.1. The number of aryl methyl sites for hydroxylation is 2.